The fourth-order valence-corrected chi connectivity index (χ4v) is 6.28. The third-order valence-corrected chi connectivity index (χ3v) is 8.76. The van der Waals surface area contributed by atoms with Crippen LogP contribution in [0, 0.1) is 5.41 Å². The molecule has 0 aliphatic heterocycles. The summed E-state index contributed by atoms with van der Waals surface area (Å²) in [5, 5.41) is 6.14. The van der Waals surface area contributed by atoms with Crippen molar-refractivity contribution in [1.82, 2.24) is 5.32 Å². The lowest BCUT2D eigenvalue weighted by molar-refractivity contribution is -0.146. The van der Waals surface area contributed by atoms with Crippen molar-refractivity contribution in [3.63, 3.8) is 0 Å². The first-order valence-corrected chi connectivity index (χ1v) is 15.7. The highest BCUT2D eigenvalue weighted by molar-refractivity contribution is 7.90. The van der Waals surface area contributed by atoms with E-state index >= 15 is 0 Å². The van der Waals surface area contributed by atoms with Crippen molar-refractivity contribution in [2.45, 2.75) is 57.4 Å². The van der Waals surface area contributed by atoms with E-state index in [1.807, 2.05) is 0 Å². The highest BCUT2D eigenvalue weighted by Gasteiger charge is 2.42. The molecule has 2 aromatic carbocycles. The van der Waals surface area contributed by atoms with Crippen LogP contribution >= 0.6 is 23.2 Å². The van der Waals surface area contributed by atoms with Crippen LogP contribution in [0.15, 0.2) is 42.5 Å². The van der Waals surface area contributed by atoms with E-state index < -0.39 is 33.2 Å². The van der Waals surface area contributed by atoms with Gasteiger partial charge in [0.05, 0.1) is 22.7 Å². The Morgan fingerprint density at radius 1 is 1.00 bits per heavy atom. The standard InChI is InChI=1S/C28H34Cl2N2O6S/c1-38-26(34)23(32-27(35)28(14-3-4-15-28)16-5-6-17-39(2,36)37)18-19-10-12-20(13-11-19)31-25(33)24-21(29)8-7-9-22(24)30/h7-13,23H,3-6,14-18H2,1-2H3,(H,31,33)(H,32,35). The Kier molecular flexibility index (Phi) is 10.8. The fourth-order valence-electron chi connectivity index (χ4n) is 4.99. The van der Waals surface area contributed by atoms with E-state index in [1.54, 1.807) is 42.5 Å². The van der Waals surface area contributed by atoms with E-state index in [-0.39, 0.29) is 33.7 Å². The van der Waals surface area contributed by atoms with E-state index in [9.17, 15) is 22.8 Å². The van der Waals surface area contributed by atoms with Crippen molar-refractivity contribution in [1.29, 1.82) is 0 Å². The minimum Gasteiger partial charge on any atom is -0.467 e. The monoisotopic (exact) mass is 596 g/mol. The summed E-state index contributed by atoms with van der Waals surface area (Å²) in [6.45, 7) is 0. The number of amides is 2. The van der Waals surface area contributed by atoms with Crippen molar-refractivity contribution in [2.24, 2.45) is 5.41 Å². The predicted octanol–water partition coefficient (Wildman–Crippen LogP) is 5.22. The van der Waals surface area contributed by atoms with Crippen LogP contribution < -0.4 is 10.6 Å². The number of carbonyl (C=O) groups is 3. The largest absolute Gasteiger partial charge is 0.467 e. The second-order valence-electron chi connectivity index (χ2n) is 10.1. The predicted molar refractivity (Wildman–Crippen MR) is 153 cm³/mol. The van der Waals surface area contributed by atoms with Gasteiger partial charge in [0.2, 0.25) is 5.91 Å². The molecule has 1 aliphatic carbocycles. The molecule has 2 aromatic rings. The molecule has 1 unspecified atom stereocenters. The van der Waals surface area contributed by atoms with E-state index in [1.165, 1.54) is 13.4 Å². The van der Waals surface area contributed by atoms with E-state index in [4.69, 9.17) is 27.9 Å². The SMILES string of the molecule is COC(=O)C(Cc1ccc(NC(=O)c2c(Cl)cccc2Cl)cc1)NC(=O)C1(CCCCS(C)(=O)=O)CCCC1. The van der Waals surface area contributed by atoms with Crippen LogP contribution in [0.4, 0.5) is 5.69 Å². The van der Waals surface area contributed by atoms with E-state index in [0.717, 1.165) is 18.4 Å². The number of rotatable bonds is 12. The second-order valence-corrected chi connectivity index (χ2v) is 13.1. The number of methoxy groups -OCH3 is 1. The van der Waals surface area contributed by atoms with Crippen molar-refractivity contribution < 1.29 is 27.5 Å². The summed E-state index contributed by atoms with van der Waals surface area (Å²) in [6.07, 6.45) is 6.34. The van der Waals surface area contributed by atoms with Gasteiger partial charge < -0.3 is 15.4 Å². The summed E-state index contributed by atoms with van der Waals surface area (Å²) >= 11 is 12.2. The normalized spacial score (nSPS) is 15.4. The lowest BCUT2D eigenvalue weighted by Crippen LogP contribution is -2.49. The van der Waals surface area contributed by atoms with Crippen LogP contribution in [-0.4, -0.2) is 51.4 Å². The van der Waals surface area contributed by atoms with Crippen LogP contribution in [0.5, 0.6) is 0 Å². The molecule has 0 radical (unpaired) electrons. The Balaban J connectivity index is 1.66. The first-order valence-electron chi connectivity index (χ1n) is 12.8. The van der Waals surface area contributed by atoms with Crippen molar-refractivity contribution >= 4 is 56.5 Å². The number of nitrogens with one attached hydrogen (secondary N) is 2. The van der Waals surface area contributed by atoms with E-state index in [2.05, 4.69) is 10.6 Å². The van der Waals surface area contributed by atoms with Crippen LogP contribution in [0.25, 0.3) is 0 Å². The summed E-state index contributed by atoms with van der Waals surface area (Å²) < 4.78 is 27.9. The molecule has 1 atom stereocenters. The molecule has 3 rings (SSSR count). The molecule has 1 aliphatic rings. The van der Waals surface area contributed by atoms with Crippen molar-refractivity contribution in [3.8, 4) is 0 Å². The van der Waals surface area contributed by atoms with Crippen molar-refractivity contribution in [3.05, 3.63) is 63.6 Å². The molecule has 0 bridgehead atoms. The van der Waals surface area contributed by atoms with Gasteiger partial charge in [-0.25, -0.2) is 13.2 Å². The fraction of sp³-hybridized carbons (Fsp3) is 0.464. The Morgan fingerprint density at radius 3 is 2.18 bits per heavy atom. The molecule has 39 heavy (non-hydrogen) atoms. The van der Waals surface area contributed by atoms with Gasteiger partial charge in [0.1, 0.15) is 15.9 Å². The number of sulfone groups is 1. The number of anilines is 1. The summed E-state index contributed by atoms with van der Waals surface area (Å²) in [4.78, 5) is 38.7. The molecule has 0 saturated heterocycles. The van der Waals surface area contributed by atoms with Gasteiger partial charge in [0.25, 0.3) is 5.91 Å². The molecule has 0 aromatic heterocycles. The number of hydrogen-bond donors (Lipinski definition) is 2. The molecular weight excluding hydrogens is 563 g/mol. The lowest BCUT2D eigenvalue weighted by atomic mass is 9.80. The number of ether oxygens (including phenoxy) is 1. The quantitative estimate of drug-likeness (QED) is 0.256. The topological polar surface area (TPSA) is 119 Å². The average molecular weight is 598 g/mol. The van der Waals surface area contributed by atoms with Gasteiger partial charge in [-0.1, -0.05) is 60.7 Å². The number of carbonyl (C=O) groups excluding carboxylic acids is 3. The van der Waals surface area contributed by atoms with Crippen LogP contribution in [0.3, 0.4) is 0 Å². The highest BCUT2D eigenvalue weighted by Crippen LogP contribution is 2.42. The first kappa shape index (κ1) is 30.9. The second kappa shape index (κ2) is 13.6. The molecule has 1 fully saturated rings. The molecule has 2 N–H and O–H groups in total. The summed E-state index contributed by atoms with van der Waals surface area (Å²) in [7, 11) is -1.78. The number of hydrogen-bond acceptors (Lipinski definition) is 6. The molecule has 2 amide bonds. The summed E-state index contributed by atoms with van der Waals surface area (Å²) in [5.41, 5.74) is 0.832. The molecule has 0 spiro atoms. The van der Waals surface area contributed by atoms with E-state index in [0.29, 0.717) is 37.8 Å². The third kappa shape index (κ3) is 8.68. The van der Waals surface area contributed by atoms with Gasteiger partial charge in [-0.15, -0.1) is 0 Å². The summed E-state index contributed by atoms with van der Waals surface area (Å²) in [5.74, 6) is -1.11. The number of halogens is 2. The lowest BCUT2D eigenvalue weighted by Gasteiger charge is -2.30. The minimum atomic E-state index is -3.05. The zero-order valence-electron chi connectivity index (χ0n) is 22.1. The van der Waals surface area contributed by atoms with Gasteiger partial charge in [0.15, 0.2) is 0 Å². The highest BCUT2D eigenvalue weighted by atomic mass is 35.5. The first-order chi connectivity index (χ1) is 18.4. The smallest absolute Gasteiger partial charge is 0.328 e. The average Bonchev–Trinajstić information content (AvgIpc) is 3.36. The number of esters is 1. The Morgan fingerprint density at radius 2 is 1.62 bits per heavy atom. The van der Waals surface area contributed by atoms with Gasteiger partial charge in [-0.2, -0.15) is 0 Å². The molecule has 1 saturated carbocycles. The molecule has 212 valence electrons. The van der Waals surface area contributed by atoms with Crippen LogP contribution in [0.1, 0.15) is 60.9 Å². The Bertz CT molecular complexity index is 1270. The number of unbranched alkanes of at least 4 members (excludes halogenated alkanes) is 1. The minimum absolute atomic E-state index is 0.0946. The maximum absolute atomic E-state index is 13.4. The molecule has 0 heterocycles. The summed E-state index contributed by atoms with van der Waals surface area (Å²) in [6, 6.07) is 10.8. The molecule has 8 nitrogen and oxygen atoms in total. The molecule has 11 heteroatoms. The zero-order valence-corrected chi connectivity index (χ0v) is 24.4. The Labute approximate surface area is 239 Å². The Hall–Kier alpha value is -2.62. The van der Waals surface area contributed by atoms with Gasteiger partial charge in [-0.3, -0.25) is 9.59 Å². The van der Waals surface area contributed by atoms with Gasteiger partial charge in [-0.05, 0) is 55.5 Å². The van der Waals surface area contributed by atoms with Gasteiger partial charge >= 0.3 is 5.97 Å². The third-order valence-electron chi connectivity index (χ3n) is 7.10. The maximum Gasteiger partial charge on any atom is 0.328 e. The van der Waals surface area contributed by atoms with Crippen molar-refractivity contribution in [2.75, 3.05) is 24.4 Å². The van der Waals surface area contributed by atoms with Gasteiger partial charge in [0, 0.05) is 29.5 Å². The van der Waals surface area contributed by atoms with Crippen LogP contribution in [0.2, 0.25) is 10.0 Å². The van der Waals surface area contributed by atoms with Crippen LogP contribution in [-0.2, 0) is 30.6 Å². The molecular formula is C28H34Cl2N2O6S. The maximum atomic E-state index is 13.4. The zero-order chi connectivity index (χ0) is 28.6. The number of benzene rings is 2.